The van der Waals surface area contributed by atoms with Crippen molar-refractivity contribution in [3.8, 4) is 5.75 Å². The Morgan fingerprint density at radius 1 is 1.14 bits per heavy atom. The number of ether oxygens (including phenoxy) is 1. The van der Waals surface area contributed by atoms with E-state index in [0.29, 0.717) is 16.3 Å². The van der Waals surface area contributed by atoms with Crippen molar-refractivity contribution in [2.75, 3.05) is 7.11 Å². The van der Waals surface area contributed by atoms with Crippen LogP contribution in [0.4, 0.5) is 0 Å². The number of methoxy groups -OCH3 is 1. The molecule has 0 fully saturated rings. The highest BCUT2D eigenvalue weighted by Crippen LogP contribution is 2.18. The smallest absolute Gasteiger partial charge is 0.216 e. The van der Waals surface area contributed by atoms with E-state index in [1.165, 1.54) is 0 Å². The van der Waals surface area contributed by atoms with Crippen molar-refractivity contribution in [2.45, 2.75) is 12.3 Å². The van der Waals surface area contributed by atoms with Crippen molar-refractivity contribution in [2.24, 2.45) is 0 Å². The summed E-state index contributed by atoms with van der Waals surface area (Å²) in [7, 11) is -1.88. The molecule has 1 N–H and O–H groups in total. The van der Waals surface area contributed by atoms with Gasteiger partial charge in [-0.05, 0) is 29.3 Å². The largest absolute Gasteiger partial charge is 0.497 e. The van der Waals surface area contributed by atoms with Crippen molar-refractivity contribution < 1.29 is 13.2 Å². The third kappa shape index (κ3) is 4.74. The van der Waals surface area contributed by atoms with E-state index in [1.807, 2.05) is 18.2 Å². The zero-order valence-electron chi connectivity index (χ0n) is 11.5. The van der Waals surface area contributed by atoms with Gasteiger partial charge in [0, 0.05) is 11.6 Å². The summed E-state index contributed by atoms with van der Waals surface area (Å²) in [5.74, 6) is 0.550. The summed E-state index contributed by atoms with van der Waals surface area (Å²) in [4.78, 5) is 0. The Morgan fingerprint density at radius 3 is 2.62 bits per heavy atom. The van der Waals surface area contributed by atoms with Crippen molar-refractivity contribution in [3.63, 3.8) is 0 Å². The maximum absolute atomic E-state index is 12.1. The number of hydrogen-bond donors (Lipinski definition) is 1. The highest BCUT2D eigenvalue weighted by atomic mass is 35.5. The fourth-order valence-corrected chi connectivity index (χ4v) is 3.28. The van der Waals surface area contributed by atoms with Crippen LogP contribution in [0.5, 0.6) is 5.75 Å². The molecule has 0 radical (unpaired) electrons. The van der Waals surface area contributed by atoms with Gasteiger partial charge in [-0.3, -0.25) is 0 Å². The van der Waals surface area contributed by atoms with E-state index in [2.05, 4.69) is 4.72 Å². The van der Waals surface area contributed by atoms with Gasteiger partial charge in [0.15, 0.2) is 0 Å². The normalized spacial score (nSPS) is 11.3. The fraction of sp³-hybridized carbons (Fsp3) is 0.200. The van der Waals surface area contributed by atoms with Crippen molar-refractivity contribution in [1.82, 2.24) is 4.72 Å². The first-order valence-electron chi connectivity index (χ1n) is 6.34. The molecule has 0 saturated heterocycles. The summed E-state index contributed by atoms with van der Waals surface area (Å²) < 4.78 is 31.8. The summed E-state index contributed by atoms with van der Waals surface area (Å²) in [5, 5.41) is 0.448. The number of hydrogen-bond acceptors (Lipinski definition) is 3. The molecule has 0 aromatic heterocycles. The Morgan fingerprint density at radius 2 is 1.90 bits per heavy atom. The maximum Gasteiger partial charge on any atom is 0.216 e. The van der Waals surface area contributed by atoms with Crippen LogP contribution in [-0.4, -0.2) is 15.5 Å². The lowest BCUT2D eigenvalue weighted by Crippen LogP contribution is -2.24. The van der Waals surface area contributed by atoms with Crippen LogP contribution >= 0.6 is 11.6 Å². The van der Waals surface area contributed by atoms with E-state index in [9.17, 15) is 8.42 Å². The van der Waals surface area contributed by atoms with E-state index in [1.54, 1.807) is 37.4 Å². The molecule has 0 aliphatic carbocycles. The first-order valence-corrected chi connectivity index (χ1v) is 8.37. The van der Waals surface area contributed by atoms with Gasteiger partial charge in [0.25, 0.3) is 0 Å². The van der Waals surface area contributed by atoms with Crippen LogP contribution in [0.3, 0.4) is 0 Å². The van der Waals surface area contributed by atoms with E-state index >= 15 is 0 Å². The molecule has 112 valence electrons. The number of nitrogens with one attached hydrogen (secondary N) is 1. The second kappa shape index (κ2) is 6.93. The Balaban J connectivity index is 2.03. The molecule has 0 amide bonds. The van der Waals surface area contributed by atoms with Gasteiger partial charge in [0.05, 0.1) is 12.9 Å². The fourth-order valence-electron chi connectivity index (χ4n) is 1.85. The zero-order valence-corrected chi connectivity index (χ0v) is 13.1. The molecule has 2 rings (SSSR count). The summed E-state index contributed by atoms with van der Waals surface area (Å²) in [5.41, 5.74) is 1.41. The molecule has 6 heteroatoms. The lowest BCUT2D eigenvalue weighted by Gasteiger charge is -2.09. The van der Waals surface area contributed by atoms with Crippen molar-refractivity contribution in [1.29, 1.82) is 0 Å². The van der Waals surface area contributed by atoms with Crippen molar-refractivity contribution >= 4 is 21.6 Å². The van der Waals surface area contributed by atoms with E-state index in [0.717, 1.165) is 5.56 Å². The van der Waals surface area contributed by atoms with Crippen LogP contribution in [-0.2, 0) is 22.3 Å². The van der Waals surface area contributed by atoms with Crippen molar-refractivity contribution in [3.05, 3.63) is 64.7 Å². The topological polar surface area (TPSA) is 55.4 Å². The number of sulfonamides is 1. The van der Waals surface area contributed by atoms with E-state index < -0.39 is 10.0 Å². The molecule has 0 saturated carbocycles. The molecule has 4 nitrogen and oxygen atoms in total. The molecule has 0 aliphatic rings. The standard InChI is InChI=1S/C15H16ClNO3S/c1-20-14-7-4-5-12(9-14)10-17-21(18,19)11-13-6-2-3-8-15(13)16/h2-9,17H,10-11H2,1H3. The SMILES string of the molecule is COc1cccc(CNS(=O)(=O)Cc2ccccc2Cl)c1. The second-order valence-electron chi connectivity index (χ2n) is 4.52. The highest BCUT2D eigenvalue weighted by molar-refractivity contribution is 7.88. The van der Waals surface area contributed by atoms with Gasteiger partial charge in [0.2, 0.25) is 10.0 Å². The average Bonchev–Trinajstić information content (AvgIpc) is 2.48. The molecule has 2 aromatic rings. The van der Waals surface area contributed by atoms with Crippen LogP contribution in [0.1, 0.15) is 11.1 Å². The number of benzene rings is 2. The van der Waals surface area contributed by atoms with Crippen LogP contribution in [0.15, 0.2) is 48.5 Å². The zero-order chi connectivity index (χ0) is 15.3. The average molecular weight is 326 g/mol. The Labute approximate surface area is 129 Å². The predicted octanol–water partition coefficient (Wildman–Crippen LogP) is 2.97. The first kappa shape index (κ1) is 15.8. The molecule has 2 aromatic carbocycles. The van der Waals surface area contributed by atoms with Crippen LogP contribution < -0.4 is 9.46 Å². The minimum absolute atomic E-state index is 0.142. The van der Waals surface area contributed by atoms with Crippen LogP contribution in [0.25, 0.3) is 0 Å². The monoisotopic (exact) mass is 325 g/mol. The lowest BCUT2D eigenvalue weighted by atomic mass is 10.2. The summed E-state index contributed by atoms with van der Waals surface area (Å²) >= 11 is 5.98. The van der Waals surface area contributed by atoms with E-state index in [-0.39, 0.29) is 12.3 Å². The molecule has 0 heterocycles. The Kier molecular flexibility index (Phi) is 5.22. The second-order valence-corrected chi connectivity index (χ2v) is 6.74. The van der Waals surface area contributed by atoms with Crippen LogP contribution in [0.2, 0.25) is 5.02 Å². The summed E-state index contributed by atoms with van der Waals surface area (Å²) in [6, 6.07) is 14.2. The van der Waals surface area contributed by atoms with Gasteiger partial charge in [-0.25, -0.2) is 13.1 Å². The Bertz CT molecular complexity index is 716. The molecular weight excluding hydrogens is 310 g/mol. The molecule has 0 aliphatic heterocycles. The van der Waals surface area contributed by atoms with Gasteiger partial charge in [-0.2, -0.15) is 0 Å². The molecule has 21 heavy (non-hydrogen) atoms. The van der Waals surface area contributed by atoms with Gasteiger partial charge in [-0.15, -0.1) is 0 Å². The van der Waals surface area contributed by atoms with Gasteiger partial charge < -0.3 is 4.74 Å². The van der Waals surface area contributed by atoms with Gasteiger partial charge in [0.1, 0.15) is 5.75 Å². The summed E-state index contributed by atoms with van der Waals surface area (Å²) in [6.45, 7) is 0.212. The molecule has 0 bridgehead atoms. The highest BCUT2D eigenvalue weighted by Gasteiger charge is 2.13. The van der Waals surface area contributed by atoms with Crippen LogP contribution in [0, 0.1) is 0 Å². The van der Waals surface area contributed by atoms with Gasteiger partial charge >= 0.3 is 0 Å². The lowest BCUT2D eigenvalue weighted by molar-refractivity contribution is 0.414. The number of rotatable bonds is 6. The molecule has 0 spiro atoms. The molecular formula is C15H16ClNO3S. The first-order chi connectivity index (χ1) is 10.00. The predicted molar refractivity (Wildman–Crippen MR) is 83.9 cm³/mol. The quantitative estimate of drug-likeness (QED) is 0.888. The third-order valence-electron chi connectivity index (χ3n) is 2.93. The minimum Gasteiger partial charge on any atom is -0.497 e. The molecule has 0 unspecified atom stereocenters. The maximum atomic E-state index is 12.1. The molecule has 0 atom stereocenters. The van der Waals surface area contributed by atoms with E-state index in [4.69, 9.17) is 16.3 Å². The number of halogens is 1. The Hall–Kier alpha value is -1.56. The minimum atomic E-state index is -3.45. The third-order valence-corrected chi connectivity index (χ3v) is 4.58. The van der Waals surface area contributed by atoms with Gasteiger partial charge in [-0.1, -0.05) is 41.9 Å². The summed E-state index contributed by atoms with van der Waals surface area (Å²) in [6.07, 6.45) is 0.